The van der Waals surface area contributed by atoms with Crippen LogP contribution < -0.4 is 5.69 Å². The fraction of sp³-hybridized carbons (Fsp3) is 0.143. The second-order valence-corrected chi connectivity index (χ2v) is 5.18. The number of halogens is 1. The molecular weight excluding hydrogens is 308 g/mol. The monoisotopic (exact) mass is 318 g/mol. The maximum atomic E-state index is 12.4. The van der Waals surface area contributed by atoms with Crippen LogP contribution in [0.2, 0.25) is 5.02 Å². The highest BCUT2D eigenvalue weighted by atomic mass is 35.5. The van der Waals surface area contributed by atoms with Gasteiger partial charge in [0.15, 0.2) is 0 Å². The first-order valence-electron chi connectivity index (χ1n) is 6.52. The zero-order chi connectivity index (χ0) is 15.7. The van der Waals surface area contributed by atoms with Gasteiger partial charge in [0.1, 0.15) is 6.33 Å². The highest BCUT2D eigenvalue weighted by Crippen LogP contribution is 2.13. The quantitative estimate of drug-likeness (QED) is 0.546. The molecule has 0 aliphatic heterocycles. The van der Waals surface area contributed by atoms with Crippen molar-refractivity contribution in [2.75, 3.05) is 0 Å². The molecule has 0 aliphatic rings. The van der Waals surface area contributed by atoms with Crippen LogP contribution in [0.3, 0.4) is 0 Å². The lowest BCUT2D eigenvalue weighted by atomic mass is 10.1. The van der Waals surface area contributed by atoms with Crippen LogP contribution in [-0.4, -0.2) is 18.9 Å². The van der Waals surface area contributed by atoms with Crippen LogP contribution in [0.5, 0.6) is 0 Å². The van der Waals surface area contributed by atoms with Crippen molar-refractivity contribution < 1.29 is 4.92 Å². The van der Waals surface area contributed by atoms with Gasteiger partial charge in [-0.25, -0.2) is 4.79 Å². The number of nitro groups is 1. The lowest BCUT2D eigenvalue weighted by Crippen LogP contribution is -2.28. The summed E-state index contributed by atoms with van der Waals surface area (Å²) in [6.45, 7) is 0.374. The number of aromatic nitrogens is 3. The van der Waals surface area contributed by atoms with Crippen molar-refractivity contribution in [2.24, 2.45) is 0 Å². The molecule has 0 aliphatic carbocycles. The van der Waals surface area contributed by atoms with E-state index in [1.807, 2.05) is 12.1 Å². The van der Waals surface area contributed by atoms with Gasteiger partial charge in [0.25, 0.3) is 0 Å². The molecule has 8 heteroatoms. The maximum absolute atomic E-state index is 12.4. The zero-order valence-corrected chi connectivity index (χ0v) is 12.1. The van der Waals surface area contributed by atoms with Crippen molar-refractivity contribution in [1.82, 2.24) is 14.0 Å². The highest BCUT2D eigenvalue weighted by molar-refractivity contribution is 6.30. The Labute approximate surface area is 129 Å². The lowest BCUT2D eigenvalue weighted by molar-refractivity contribution is -0.390. The largest absolute Gasteiger partial charge is 0.423 e. The van der Waals surface area contributed by atoms with Crippen molar-refractivity contribution in [3.8, 4) is 0 Å². The number of fused-ring (bicyclic) bond motifs is 1. The lowest BCUT2D eigenvalue weighted by Gasteiger charge is -2.04. The van der Waals surface area contributed by atoms with Crippen molar-refractivity contribution in [3.63, 3.8) is 0 Å². The number of hydrogen-bond donors (Lipinski definition) is 0. The van der Waals surface area contributed by atoms with Crippen molar-refractivity contribution in [1.29, 1.82) is 0 Å². The zero-order valence-electron chi connectivity index (χ0n) is 11.3. The number of hydrogen-bond acceptors (Lipinski definition) is 4. The number of benzene rings is 1. The molecule has 0 saturated heterocycles. The summed E-state index contributed by atoms with van der Waals surface area (Å²) in [6, 6.07) is 10.0. The van der Waals surface area contributed by atoms with E-state index in [9.17, 15) is 14.9 Å². The summed E-state index contributed by atoms with van der Waals surface area (Å²) in [5.74, 6) is -0.284. The summed E-state index contributed by atoms with van der Waals surface area (Å²) in [5.41, 5.74) is 0.800. The first kappa shape index (κ1) is 14.3. The summed E-state index contributed by atoms with van der Waals surface area (Å²) in [6.07, 6.45) is 2.00. The third-order valence-electron chi connectivity index (χ3n) is 3.35. The Bertz CT molecular complexity index is 899. The smallest absolute Gasteiger partial charge is 0.358 e. The van der Waals surface area contributed by atoms with E-state index in [0.29, 0.717) is 18.0 Å². The molecule has 7 nitrogen and oxygen atoms in total. The summed E-state index contributed by atoms with van der Waals surface area (Å²) in [7, 11) is 0. The fourth-order valence-electron chi connectivity index (χ4n) is 2.22. The molecule has 112 valence electrons. The number of aryl methyl sites for hydroxylation is 2. The van der Waals surface area contributed by atoms with Crippen molar-refractivity contribution in [2.45, 2.75) is 13.0 Å². The third-order valence-corrected chi connectivity index (χ3v) is 3.60. The topological polar surface area (TPSA) is 82.4 Å². The van der Waals surface area contributed by atoms with Gasteiger partial charge in [0.2, 0.25) is 5.65 Å². The van der Waals surface area contributed by atoms with E-state index in [1.165, 1.54) is 23.0 Å². The van der Waals surface area contributed by atoms with E-state index in [4.69, 9.17) is 11.6 Å². The van der Waals surface area contributed by atoms with E-state index in [1.54, 1.807) is 12.1 Å². The average molecular weight is 319 g/mol. The molecular formula is C14H11ClN4O3. The summed E-state index contributed by atoms with van der Waals surface area (Å²) < 4.78 is 2.36. The first-order chi connectivity index (χ1) is 10.6. The van der Waals surface area contributed by atoms with E-state index < -0.39 is 10.6 Å². The van der Waals surface area contributed by atoms with Gasteiger partial charge in [-0.05, 0) is 29.0 Å². The van der Waals surface area contributed by atoms with Gasteiger partial charge < -0.3 is 10.1 Å². The van der Waals surface area contributed by atoms with E-state index in [-0.39, 0.29) is 11.5 Å². The standard InChI is InChI=1S/C14H11ClN4O3/c15-11-3-1-10(2-4-11)7-8-17-9-16-12-5-6-13(19(21)22)18(12)14(17)20/h1-6,9H,7-8H2. The molecule has 0 saturated carbocycles. The second-order valence-electron chi connectivity index (χ2n) is 4.74. The van der Waals surface area contributed by atoms with Crippen molar-refractivity contribution >= 4 is 23.1 Å². The molecule has 3 aromatic rings. The Hall–Kier alpha value is -2.67. The van der Waals surface area contributed by atoms with Crippen LogP contribution in [0.25, 0.3) is 5.65 Å². The molecule has 0 amide bonds. The third kappa shape index (κ3) is 2.58. The molecule has 0 radical (unpaired) electrons. The SMILES string of the molecule is O=c1n(CCc2ccc(Cl)cc2)cnc2ccc([N+](=O)[O-])n12. The molecule has 0 bridgehead atoms. The predicted octanol–water partition coefficient (Wildman–Crippen LogP) is 2.30. The van der Waals surface area contributed by atoms with Crippen LogP contribution in [0.4, 0.5) is 5.82 Å². The van der Waals surface area contributed by atoms with Gasteiger partial charge in [-0.1, -0.05) is 23.7 Å². The highest BCUT2D eigenvalue weighted by Gasteiger charge is 2.18. The van der Waals surface area contributed by atoms with E-state index in [2.05, 4.69) is 4.98 Å². The Balaban J connectivity index is 1.92. The van der Waals surface area contributed by atoms with Crippen LogP contribution in [0, 0.1) is 10.1 Å². The van der Waals surface area contributed by atoms with Crippen LogP contribution in [-0.2, 0) is 13.0 Å². The number of nitrogens with zero attached hydrogens (tertiary/aromatic N) is 4. The second kappa shape index (κ2) is 5.61. The van der Waals surface area contributed by atoms with Gasteiger partial charge in [-0.15, -0.1) is 4.40 Å². The molecule has 3 rings (SSSR count). The molecule has 0 atom stereocenters. The summed E-state index contributed by atoms with van der Waals surface area (Å²) >= 11 is 5.82. The fourth-order valence-corrected chi connectivity index (χ4v) is 2.34. The number of rotatable bonds is 4. The normalized spacial score (nSPS) is 11.0. The Morgan fingerprint density at radius 3 is 2.59 bits per heavy atom. The predicted molar refractivity (Wildman–Crippen MR) is 81.3 cm³/mol. The van der Waals surface area contributed by atoms with E-state index >= 15 is 0 Å². The summed E-state index contributed by atoms with van der Waals surface area (Å²) in [4.78, 5) is 26.8. The van der Waals surface area contributed by atoms with Gasteiger partial charge in [0, 0.05) is 23.7 Å². The maximum Gasteiger partial charge on any atom is 0.423 e. The average Bonchev–Trinajstić information content (AvgIpc) is 2.93. The molecule has 0 unspecified atom stereocenters. The molecule has 1 aromatic carbocycles. The minimum atomic E-state index is -0.598. The van der Waals surface area contributed by atoms with Crippen molar-refractivity contribution in [3.05, 3.63) is 73.9 Å². The Morgan fingerprint density at radius 1 is 1.18 bits per heavy atom. The molecule has 0 fully saturated rings. The van der Waals surface area contributed by atoms with Crippen LogP contribution in [0.15, 0.2) is 47.5 Å². The van der Waals surface area contributed by atoms with Gasteiger partial charge in [-0.2, -0.15) is 4.98 Å². The van der Waals surface area contributed by atoms with Crippen LogP contribution in [0.1, 0.15) is 5.56 Å². The minimum Gasteiger partial charge on any atom is -0.358 e. The summed E-state index contributed by atoms with van der Waals surface area (Å²) in [5, 5.41) is 11.6. The minimum absolute atomic E-state index is 0.263. The van der Waals surface area contributed by atoms with E-state index in [0.717, 1.165) is 9.96 Å². The molecule has 0 N–H and O–H groups in total. The Kier molecular flexibility index (Phi) is 3.64. The van der Waals surface area contributed by atoms with Gasteiger partial charge in [0.05, 0.1) is 0 Å². The van der Waals surface area contributed by atoms with Gasteiger partial charge in [-0.3, -0.25) is 4.57 Å². The van der Waals surface area contributed by atoms with Gasteiger partial charge >= 0.3 is 11.5 Å². The molecule has 2 aromatic heterocycles. The first-order valence-corrected chi connectivity index (χ1v) is 6.90. The molecule has 0 spiro atoms. The van der Waals surface area contributed by atoms with Crippen LogP contribution >= 0.6 is 11.6 Å². The Morgan fingerprint density at radius 2 is 1.91 bits per heavy atom. The molecule has 22 heavy (non-hydrogen) atoms. The molecule has 2 heterocycles.